The van der Waals surface area contributed by atoms with Crippen molar-refractivity contribution in [1.82, 2.24) is 4.57 Å². The van der Waals surface area contributed by atoms with Crippen LogP contribution in [0.1, 0.15) is 21.9 Å². The van der Waals surface area contributed by atoms with Crippen LogP contribution in [-0.4, -0.2) is 34.6 Å². The first-order chi connectivity index (χ1) is 21.4. The predicted molar refractivity (Wildman–Crippen MR) is 166 cm³/mol. The molecule has 2 aliphatic heterocycles. The zero-order valence-corrected chi connectivity index (χ0v) is 26.1. The number of para-hydroxylation sites is 1. The van der Waals surface area contributed by atoms with Crippen LogP contribution in [0.15, 0.2) is 76.6 Å². The van der Waals surface area contributed by atoms with E-state index in [0.29, 0.717) is 26.8 Å². The number of carbonyl (C=O) groups excluding carboxylic acids is 3. The molecule has 3 atom stereocenters. The van der Waals surface area contributed by atoms with E-state index in [-0.39, 0.29) is 15.1 Å². The van der Waals surface area contributed by atoms with Gasteiger partial charge in [-0.05, 0) is 48.0 Å². The number of imide groups is 1. The largest absolute Gasteiger partial charge is 0.497 e. The molecule has 0 aliphatic carbocycles. The lowest BCUT2D eigenvalue weighted by Gasteiger charge is -2.31. The van der Waals surface area contributed by atoms with E-state index < -0.39 is 63.7 Å². The molecule has 3 heterocycles. The monoisotopic (exact) mass is 693 g/mol. The highest BCUT2D eigenvalue weighted by Crippen LogP contribution is 2.55. The van der Waals surface area contributed by atoms with Crippen LogP contribution >= 0.6 is 46.3 Å². The van der Waals surface area contributed by atoms with E-state index in [9.17, 15) is 32.3 Å². The second-order valence-electron chi connectivity index (χ2n) is 10.1. The lowest BCUT2D eigenvalue weighted by molar-refractivity contribution is -0.137. The molecule has 2 unspecified atom stereocenters. The number of fused-ring (bicyclic) bond motifs is 2. The van der Waals surface area contributed by atoms with E-state index in [2.05, 4.69) is 5.32 Å². The molecule has 3 amide bonds. The predicted octanol–water partition coefficient (Wildman–Crippen LogP) is 6.68. The van der Waals surface area contributed by atoms with Gasteiger partial charge in [-0.3, -0.25) is 23.7 Å². The molecule has 0 radical (unpaired) electrons. The molecule has 0 bridgehead atoms. The van der Waals surface area contributed by atoms with Gasteiger partial charge in [0.15, 0.2) is 0 Å². The number of aromatic nitrogens is 1. The minimum Gasteiger partial charge on any atom is -0.497 e. The Morgan fingerprint density at radius 2 is 1.69 bits per heavy atom. The molecular formula is C30H20Cl2F3N3O5S2. The molecule has 8 nitrogen and oxygen atoms in total. The number of carbonyl (C=O) groups is 3. The Labute approximate surface area is 271 Å². The first kappa shape index (κ1) is 31.2. The smallest absolute Gasteiger partial charge is 0.418 e. The highest BCUT2D eigenvalue weighted by atomic mass is 35.5. The standard InChI is InChI=1S/C30H20Cl2F3N3O5S2/c1-43-15-11-9-14(10-12-15)36-20(39)13-37-28-25(45-29(37)42)21(16-5-4-7-18(31)23(16)32)22-24(44-28)27(41)38(26(22)40)19-8-3-2-6-17(19)30(33,34)35/h2-12,21-22,24H,13H2,1H3,(H,36,39)/t21-,22?,24?/m1/s1. The van der Waals surface area contributed by atoms with Crippen LogP contribution in [0.3, 0.4) is 0 Å². The number of ether oxygens (including phenoxy) is 1. The fraction of sp³-hybridized carbons (Fsp3) is 0.200. The quantitative estimate of drug-likeness (QED) is 0.227. The van der Waals surface area contributed by atoms with Crippen LogP contribution in [0.25, 0.3) is 0 Å². The Kier molecular flexibility index (Phi) is 8.23. The van der Waals surface area contributed by atoms with Crippen LogP contribution in [0, 0.1) is 5.92 Å². The molecule has 4 aromatic rings. The Bertz CT molecular complexity index is 1910. The molecule has 15 heteroatoms. The Morgan fingerprint density at radius 1 is 0.978 bits per heavy atom. The van der Waals surface area contributed by atoms with Crippen molar-refractivity contribution >= 4 is 75.4 Å². The van der Waals surface area contributed by atoms with Crippen molar-refractivity contribution in [2.75, 3.05) is 17.3 Å². The number of hydrogen-bond donors (Lipinski definition) is 1. The maximum absolute atomic E-state index is 14.0. The highest BCUT2D eigenvalue weighted by molar-refractivity contribution is 8.00. The highest BCUT2D eigenvalue weighted by Gasteiger charge is 2.58. The molecule has 45 heavy (non-hydrogen) atoms. The van der Waals surface area contributed by atoms with Crippen molar-refractivity contribution in [1.29, 1.82) is 0 Å². The molecule has 0 spiro atoms. The number of thioether (sulfide) groups is 1. The van der Waals surface area contributed by atoms with Gasteiger partial charge in [0.1, 0.15) is 17.5 Å². The number of methoxy groups -OCH3 is 1. The van der Waals surface area contributed by atoms with Gasteiger partial charge in [-0.1, -0.05) is 70.6 Å². The number of hydrogen-bond acceptors (Lipinski definition) is 7. The summed E-state index contributed by atoms with van der Waals surface area (Å²) in [6, 6.07) is 15.6. The van der Waals surface area contributed by atoms with Gasteiger partial charge in [0.25, 0.3) is 0 Å². The van der Waals surface area contributed by atoms with Gasteiger partial charge in [-0.15, -0.1) is 0 Å². The number of halogens is 5. The minimum absolute atomic E-state index is 0.0693. The summed E-state index contributed by atoms with van der Waals surface area (Å²) in [6.45, 7) is -0.431. The van der Waals surface area contributed by atoms with Crippen molar-refractivity contribution in [3.05, 3.63) is 102 Å². The van der Waals surface area contributed by atoms with Crippen LogP contribution in [-0.2, 0) is 27.1 Å². The third-order valence-corrected chi connectivity index (χ3v) is 10.9. The summed E-state index contributed by atoms with van der Waals surface area (Å²) in [7, 11) is 1.50. The molecule has 232 valence electrons. The number of amides is 3. The lowest BCUT2D eigenvalue weighted by Crippen LogP contribution is -2.33. The Hall–Kier alpha value is -3.78. The molecule has 1 N–H and O–H groups in total. The Balaban J connectivity index is 1.44. The van der Waals surface area contributed by atoms with Gasteiger partial charge in [-0.2, -0.15) is 13.2 Å². The molecule has 3 aromatic carbocycles. The van der Waals surface area contributed by atoms with Crippen LogP contribution in [0.4, 0.5) is 24.5 Å². The first-order valence-corrected chi connectivity index (χ1v) is 15.7. The number of alkyl halides is 3. The van der Waals surface area contributed by atoms with E-state index in [0.717, 1.165) is 35.2 Å². The van der Waals surface area contributed by atoms with Crippen molar-refractivity contribution in [3.8, 4) is 5.75 Å². The molecule has 6 rings (SSSR count). The summed E-state index contributed by atoms with van der Waals surface area (Å²) in [5.74, 6) is -3.95. The maximum Gasteiger partial charge on any atom is 0.418 e. The summed E-state index contributed by atoms with van der Waals surface area (Å²) in [6.07, 6.45) is -4.84. The number of benzene rings is 3. The van der Waals surface area contributed by atoms with Crippen molar-refractivity contribution in [2.45, 2.75) is 28.9 Å². The third-order valence-electron chi connectivity index (χ3n) is 7.49. The van der Waals surface area contributed by atoms with Gasteiger partial charge in [0.2, 0.25) is 17.7 Å². The van der Waals surface area contributed by atoms with Crippen LogP contribution < -0.4 is 19.8 Å². The maximum atomic E-state index is 14.0. The van der Waals surface area contributed by atoms with Gasteiger partial charge < -0.3 is 10.1 Å². The molecule has 2 aliphatic rings. The summed E-state index contributed by atoms with van der Waals surface area (Å²) in [4.78, 5) is 54.7. The van der Waals surface area contributed by atoms with Crippen molar-refractivity contribution in [3.63, 3.8) is 0 Å². The Morgan fingerprint density at radius 3 is 2.38 bits per heavy atom. The van der Waals surface area contributed by atoms with Gasteiger partial charge >= 0.3 is 11.0 Å². The fourth-order valence-corrected chi connectivity index (χ4v) is 8.70. The van der Waals surface area contributed by atoms with Crippen LogP contribution in [0.2, 0.25) is 10.0 Å². The zero-order chi connectivity index (χ0) is 32.2. The van der Waals surface area contributed by atoms with Gasteiger partial charge in [0, 0.05) is 16.5 Å². The van der Waals surface area contributed by atoms with E-state index >= 15 is 0 Å². The first-order valence-electron chi connectivity index (χ1n) is 13.2. The number of nitrogens with one attached hydrogen (secondary N) is 1. The normalized spacial score (nSPS) is 19.3. The van der Waals surface area contributed by atoms with Crippen molar-refractivity contribution in [2.24, 2.45) is 5.92 Å². The zero-order valence-electron chi connectivity index (χ0n) is 22.9. The SMILES string of the molecule is COc1ccc(NC(=O)Cn2c3c(sc2=O)[C@H](c2cccc(Cl)c2Cl)C2C(=O)N(c4ccccc4C(F)(F)F)C(=O)C2S3)cc1. The summed E-state index contributed by atoms with van der Waals surface area (Å²) in [5.41, 5.74) is -0.964. The third kappa shape index (κ3) is 5.51. The average Bonchev–Trinajstić information content (AvgIpc) is 3.44. The number of nitrogens with zero attached hydrogens (tertiary/aromatic N) is 2. The molecular weight excluding hydrogens is 674 g/mol. The molecule has 0 saturated carbocycles. The minimum atomic E-state index is -4.84. The molecule has 1 fully saturated rings. The molecule has 1 saturated heterocycles. The van der Waals surface area contributed by atoms with E-state index in [1.165, 1.54) is 29.9 Å². The second kappa shape index (κ2) is 11.9. The average molecular weight is 695 g/mol. The summed E-state index contributed by atoms with van der Waals surface area (Å²) >= 11 is 14.6. The second-order valence-corrected chi connectivity index (χ2v) is 13.0. The van der Waals surface area contributed by atoms with Crippen LogP contribution in [0.5, 0.6) is 5.75 Å². The molecule has 1 aromatic heterocycles. The fourth-order valence-electron chi connectivity index (χ4n) is 5.52. The van der Waals surface area contributed by atoms with E-state index in [4.69, 9.17) is 27.9 Å². The van der Waals surface area contributed by atoms with Crippen molar-refractivity contribution < 1.29 is 32.3 Å². The van der Waals surface area contributed by atoms with Gasteiger partial charge in [0.05, 0.1) is 39.3 Å². The number of rotatable bonds is 6. The van der Waals surface area contributed by atoms with E-state index in [1.807, 2.05) is 0 Å². The van der Waals surface area contributed by atoms with E-state index in [1.54, 1.807) is 36.4 Å². The van der Waals surface area contributed by atoms with Gasteiger partial charge in [-0.25, -0.2) is 4.90 Å². The number of anilines is 2. The summed E-state index contributed by atoms with van der Waals surface area (Å²) < 4.78 is 48.2. The number of thiazole rings is 1. The lowest BCUT2D eigenvalue weighted by atomic mass is 9.83. The summed E-state index contributed by atoms with van der Waals surface area (Å²) in [5, 5.41) is 1.93. The topological polar surface area (TPSA) is 97.7 Å².